The van der Waals surface area contributed by atoms with E-state index in [1.165, 1.54) is 6.42 Å². The van der Waals surface area contributed by atoms with E-state index in [1.807, 2.05) is 48.7 Å². The van der Waals surface area contributed by atoms with E-state index in [0.29, 0.717) is 17.9 Å². The molecule has 7 heteroatoms. The number of rotatable bonds is 7. The summed E-state index contributed by atoms with van der Waals surface area (Å²) in [7, 11) is 0. The van der Waals surface area contributed by atoms with Gasteiger partial charge in [-0.05, 0) is 50.7 Å². The Bertz CT molecular complexity index is 1070. The van der Waals surface area contributed by atoms with Crippen molar-refractivity contribution in [2.75, 3.05) is 25.0 Å². The molecule has 35 heavy (non-hydrogen) atoms. The van der Waals surface area contributed by atoms with Gasteiger partial charge in [-0.25, -0.2) is 0 Å². The Balaban J connectivity index is 1.33. The number of nitrogens with zero attached hydrogens (tertiary/aromatic N) is 3. The molecule has 1 aromatic heterocycles. The SMILES string of the molecule is Cc1c(C#N)c(NC(=O)CN2CCC(NC(=O)C3CCCCC3)CC2)n(Cc2ccccc2)c1C. The maximum atomic E-state index is 13.0. The minimum absolute atomic E-state index is 0.113. The molecule has 7 nitrogen and oxygen atoms in total. The molecule has 0 radical (unpaired) electrons. The first-order valence-electron chi connectivity index (χ1n) is 12.9. The number of anilines is 1. The number of nitrogens with one attached hydrogen (secondary N) is 2. The van der Waals surface area contributed by atoms with E-state index < -0.39 is 0 Å². The van der Waals surface area contributed by atoms with Gasteiger partial charge >= 0.3 is 0 Å². The van der Waals surface area contributed by atoms with Crippen molar-refractivity contribution in [1.82, 2.24) is 14.8 Å². The number of likely N-dealkylation sites (tertiary alicyclic amines) is 1. The van der Waals surface area contributed by atoms with E-state index in [0.717, 1.165) is 68.4 Å². The predicted molar refractivity (Wildman–Crippen MR) is 137 cm³/mol. The molecule has 1 aliphatic heterocycles. The van der Waals surface area contributed by atoms with Gasteiger partial charge in [0.1, 0.15) is 11.9 Å². The second kappa shape index (κ2) is 11.5. The summed E-state index contributed by atoms with van der Waals surface area (Å²) in [5.74, 6) is 0.861. The molecular weight excluding hydrogens is 438 g/mol. The smallest absolute Gasteiger partial charge is 0.239 e. The zero-order valence-electron chi connectivity index (χ0n) is 21.0. The lowest BCUT2D eigenvalue weighted by molar-refractivity contribution is -0.127. The Labute approximate surface area is 208 Å². The Morgan fingerprint density at radius 2 is 1.71 bits per heavy atom. The summed E-state index contributed by atoms with van der Waals surface area (Å²) in [4.78, 5) is 27.7. The van der Waals surface area contributed by atoms with Crippen LogP contribution in [0.1, 0.15) is 67.3 Å². The van der Waals surface area contributed by atoms with Crippen LogP contribution in [-0.4, -0.2) is 47.0 Å². The number of piperidine rings is 1. The molecule has 1 saturated carbocycles. The maximum absolute atomic E-state index is 13.0. The van der Waals surface area contributed by atoms with Gasteiger partial charge in [0.25, 0.3) is 0 Å². The summed E-state index contributed by atoms with van der Waals surface area (Å²) in [5.41, 5.74) is 3.52. The molecule has 0 bridgehead atoms. The van der Waals surface area contributed by atoms with Gasteiger partial charge in [-0.1, -0.05) is 49.6 Å². The number of hydrogen-bond donors (Lipinski definition) is 2. The highest BCUT2D eigenvalue weighted by molar-refractivity contribution is 5.93. The molecule has 1 saturated heterocycles. The molecular formula is C28H37N5O2. The number of hydrogen-bond acceptors (Lipinski definition) is 4. The molecule has 1 aliphatic carbocycles. The highest BCUT2D eigenvalue weighted by Gasteiger charge is 2.27. The summed E-state index contributed by atoms with van der Waals surface area (Å²) in [6, 6.07) is 12.5. The third-order valence-electron chi connectivity index (χ3n) is 7.66. The van der Waals surface area contributed by atoms with Gasteiger partial charge in [-0.2, -0.15) is 5.26 Å². The highest BCUT2D eigenvalue weighted by Crippen LogP contribution is 2.28. The molecule has 2 fully saturated rings. The lowest BCUT2D eigenvalue weighted by atomic mass is 9.88. The van der Waals surface area contributed by atoms with E-state index >= 15 is 0 Å². The first kappa shape index (κ1) is 25.0. The monoisotopic (exact) mass is 475 g/mol. The van der Waals surface area contributed by atoms with Crippen LogP contribution in [0.3, 0.4) is 0 Å². The quantitative estimate of drug-likeness (QED) is 0.630. The molecule has 2 N–H and O–H groups in total. The Morgan fingerprint density at radius 3 is 2.37 bits per heavy atom. The Hall–Kier alpha value is -3.11. The van der Waals surface area contributed by atoms with Gasteiger partial charge in [0.05, 0.1) is 12.1 Å². The average Bonchev–Trinajstić information content (AvgIpc) is 3.09. The summed E-state index contributed by atoms with van der Waals surface area (Å²) in [6.07, 6.45) is 7.31. The van der Waals surface area contributed by atoms with Crippen molar-refractivity contribution >= 4 is 17.6 Å². The van der Waals surface area contributed by atoms with Crippen LogP contribution in [0, 0.1) is 31.1 Å². The Morgan fingerprint density at radius 1 is 1.03 bits per heavy atom. The molecule has 2 amide bonds. The van der Waals surface area contributed by atoms with E-state index in [9.17, 15) is 14.9 Å². The number of amides is 2. The van der Waals surface area contributed by atoms with Crippen LogP contribution in [0.15, 0.2) is 30.3 Å². The molecule has 2 aliphatic rings. The zero-order chi connectivity index (χ0) is 24.8. The summed E-state index contributed by atoms with van der Waals surface area (Å²) < 4.78 is 2.02. The topological polar surface area (TPSA) is 90.2 Å². The largest absolute Gasteiger partial charge is 0.353 e. The minimum atomic E-state index is -0.113. The fourth-order valence-corrected chi connectivity index (χ4v) is 5.39. The van der Waals surface area contributed by atoms with Gasteiger partial charge in [0.15, 0.2) is 0 Å². The summed E-state index contributed by atoms with van der Waals surface area (Å²) in [5, 5.41) is 16.1. The van der Waals surface area contributed by atoms with Crippen LogP contribution in [0.25, 0.3) is 0 Å². The van der Waals surface area contributed by atoms with E-state index in [-0.39, 0.29) is 30.3 Å². The fourth-order valence-electron chi connectivity index (χ4n) is 5.39. The molecule has 0 atom stereocenters. The van der Waals surface area contributed by atoms with Gasteiger partial charge in [0, 0.05) is 37.3 Å². The van der Waals surface area contributed by atoms with Crippen molar-refractivity contribution < 1.29 is 9.59 Å². The second-order valence-corrected chi connectivity index (χ2v) is 10.1. The predicted octanol–water partition coefficient (Wildman–Crippen LogP) is 4.12. The molecule has 2 aromatic rings. The van der Waals surface area contributed by atoms with Crippen molar-refractivity contribution in [3.05, 3.63) is 52.7 Å². The molecule has 4 rings (SSSR count). The normalized spacial score (nSPS) is 17.6. The molecule has 1 aromatic carbocycles. The minimum Gasteiger partial charge on any atom is -0.353 e. The van der Waals surface area contributed by atoms with E-state index in [2.05, 4.69) is 21.6 Å². The van der Waals surface area contributed by atoms with Crippen molar-refractivity contribution in [1.29, 1.82) is 5.26 Å². The van der Waals surface area contributed by atoms with Crippen molar-refractivity contribution in [2.24, 2.45) is 5.92 Å². The first-order chi connectivity index (χ1) is 17.0. The van der Waals surface area contributed by atoms with E-state index in [1.54, 1.807) is 0 Å². The van der Waals surface area contributed by atoms with Crippen LogP contribution < -0.4 is 10.6 Å². The molecule has 0 spiro atoms. The number of nitriles is 1. The highest BCUT2D eigenvalue weighted by atomic mass is 16.2. The van der Waals surface area contributed by atoms with Gasteiger partial charge in [-0.3, -0.25) is 14.5 Å². The summed E-state index contributed by atoms with van der Waals surface area (Å²) in [6.45, 7) is 6.34. The molecule has 186 valence electrons. The second-order valence-electron chi connectivity index (χ2n) is 10.1. The lowest BCUT2D eigenvalue weighted by Crippen LogP contribution is -2.48. The van der Waals surface area contributed by atoms with Crippen LogP contribution >= 0.6 is 0 Å². The number of carbonyl (C=O) groups is 2. The van der Waals surface area contributed by atoms with Gasteiger partial charge in [0.2, 0.25) is 11.8 Å². The average molecular weight is 476 g/mol. The van der Waals surface area contributed by atoms with Crippen molar-refractivity contribution in [3.63, 3.8) is 0 Å². The zero-order valence-corrected chi connectivity index (χ0v) is 21.0. The van der Waals surface area contributed by atoms with Crippen LogP contribution in [0.5, 0.6) is 0 Å². The van der Waals surface area contributed by atoms with Gasteiger partial charge in [-0.15, -0.1) is 0 Å². The van der Waals surface area contributed by atoms with Crippen LogP contribution in [0.4, 0.5) is 5.82 Å². The van der Waals surface area contributed by atoms with Crippen LogP contribution in [-0.2, 0) is 16.1 Å². The summed E-state index contributed by atoms with van der Waals surface area (Å²) >= 11 is 0. The molecule has 0 unspecified atom stereocenters. The standard InChI is InChI=1S/C28H37N5O2/c1-20-21(2)33(18-22-9-5-3-6-10-22)27(25(20)17-29)31-26(34)19-32-15-13-24(14-16-32)30-28(35)23-11-7-4-8-12-23/h3,5-6,9-10,23-24H,4,7-8,11-16,18-19H2,1-2H3,(H,30,35)(H,31,34). The fraction of sp³-hybridized carbons (Fsp3) is 0.536. The van der Waals surface area contributed by atoms with E-state index in [4.69, 9.17) is 0 Å². The number of aromatic nitrogens is 1. The number of carbonyl (C=O) groups excluding carboxylic acids is 2. The molecule has 2 heterocycles. The Kier molecular flexibility index (Phi) is 8.25. The first-order valence-corrected chi connectivity index (χ1v) is 12.9. The van der Waals surface area contributed by atoms with Gasteiger partial charge < -0.3 is 15.2 Å². The third-order valence-corrected chi connectivity index (χ3v) is 7.66. The third kappa shape index (κ3) is 6.12. The maximum Gasteiger partial charge on any atom is 0.239 e. The van der Waals surface area contributed by atoms with Crippen molar-refractivity contribution in [2.45, 2.75) is 71.4 Å². The number of benzene rings is 1. The van der Waals surface area contributed by atoms with Crippen LogP contribution in [0.2, 0.25) is 0 Å². The van der Waals surface area contributed by atoms with Crippen molar-refractivity contribution in [3.8, 4) is 6.07 Å². The lowest BCUT2D eigenvalue weighted by Gasteiger charge is -2.33.